The Morgan fingerprint density at radius 3 is 2.47 bits per heavy atom. The number of imide groups is 1. The molecule has 7 nitrogen and oxygen atoms in total. The van der Waals surface area contributed by atoms with Crippen LogP contribution in [0.4, 0.5) is 4.79 Å². The maximum absolute atomic E-state index is 11.9. The maximum atomic E-state index is 11.9. The van der Waals surface area contributed by atoms with Crippen LogP contribution in [-0.4, -0.2) is 33.5 Å². The number of aromatic nitrogens is 1. The average Bonchev–Trinajstić information content (AvgIpc) is 2.53. The first-order chi connectivity index (χ1) is 8.79. The van der Waals surface area contributed by atoms with Crippen molar-refractivity contribution in [1.29, 1.82) is 0 Å². The van der Waals surface area contributed by atoms with E-state index in [2.05, 4.69) is 10.4 Å². The Hall–Kier alpha value is -2.44. The molecule has 0 saturated carbocycles. The molecule has 1 aliphatic heterocycles. The van der Waals surface area contributed by atoms with Crippen molar-refractivity contribution in [2.75, 3.05) is 0 Å². The highest BCUT2D eigenvalue weighted by Gasteiger charge is 2.37. The van der Waals surface area contributed by atoms with E-state index in [9.17, 15) is 14.4 Å². The first-order valence-corrected chi connectivity index (χ1v) is 5.62. The third kappa shape index (κ3) is 2.54. The average molecular weight is 263 g/mol. The number of hydrogen-bond acceptors (Lipinski definition) is 5. The smallest absolute Gasteiger partial charge is 0.427 e. The van der Waals surface area contributed by atoms with Crippen LogP contribution in [0.25, 0.3) is 0 Å². The Balaban J connectivity index is 2.15. The summed E-state index contributed by atoms with van der Waals surface area (Å²) in [4.78, 5) is 39.2. The minimum atomic E-state index is -0.866. The van der Waals surface area contributed by atoms with Crippen molar-refractivity contribution in [2.45, 2.75) is 26.4 Å². The molecule has 100 valence electrons. The molecule has 0 fully saturated rings. The lowest BCUT2D eigenvalue weighted by Gasteiger charge is -2.22. The van der Waals surface area contributed by atoms with E-state index < -0.39 is 23.5 Å². The lowest BCUT2D eigenvalue weighted by Crippen LogP contribution is -2.47. The largest absolute Gasteiger partial charge is 0.443 e. The van der Waals surface area contributed by atoms with Gasteiger partial charge in [-0.3, -0.25) is 14.6 Å². The molecule has 7 heteroatoms. The Kier molecular flexibility index (Phi) is 2.97. The zero-order valence-corrected chi connectivity index (χ0v) is 10.8. The fourth-order valence-corrected chi connectivity index (χ4v) is 1.58. The lowest BCUT2D eigenvalue weighted by molar-refractivity contribution is 0.0289. The van der Waals surface area contributed by atoms with E-state index in [4.69, 9.17) is 4.74 Å². The van der Waals surface area contributed by atoms with Gasteiger partial charge in [0.15, 0.2) is 0 Å². The van der Waals surface area contributed by atoms with Gasteiger partial charge >= 0.3 is 6.09 Å². The van der Waals surface area contributed by atoms with E-state index in [0.717, 1.165) is 0 Å². The van der Waals surface area contributed by atoms with Crippen molar-refractivity contribution in [3.63, 3.8) is 0 Å². The fourth-order valence-electron chi connectivity index (χ4n) is 1.58. The van der Waals surface area contributed by atoms with Crippen LogP contribution in [0.15, 0.2) is 18.5 Å². The topological polar surface area (TPSA) is 88.6 Å². The van der Waals surface area contributed by atoms with Gasteiger partial charge in [-0.2, -0.15) is 5.01 Å². The predicted molar refractivity (Wildman–Crippen MR) is 64.1 cm³/mol. The summed E-state index contributed by atoms with van der Waals surface area (Å²) in [5, 5.41) is 0.625. The summed E-state index contributed by atoms with van der Waals surface area (Å²) in [7, 11) is 0. The van der Waals surface area contributed by atoms with Crippen molar-refractivity contribution in [3.8, 4) is 0 Å². The van der Waals surface area contributed by atoms with Gasteiger partial charge < -0.3 is 4.74 Å². The number of hydrogen-bond donors (Lipinski definition) is 1. The second-order valence-electron chi connectivity index (χ2n) is 4.98. The molecule has 3 amide bonds. The molecular formula is C12H13N3O4. The van der Waals surface area contributed by atoms with E-state index in [1.807, 2.05) is 0 Å². The molecule has 1 aromatic heterocycles. The van der Waals surface area contributed by atoms with Crippen LogP contribution in [0.5, 0.6) is 0 Å². The van der Waals surface area contributed by atoms with Crippen molar-refractivity contribution >= 4 is 17.9 Å². The summed E-state index contributed by atoms with van der Waals surface area (Å²) in [6, 6.07) is 1.42. The van der Waals surface area contributed by atoms with E-state index >= 15 is 0 Å². The molecule has 1 aliphatic rings. The number of rotatable bonds is 1. The van der Waals surface area contributed by atoms with Crippen molar-refractivity contribution in [1.82, 2.24) is 15.4 Å². The predicted octanol–water partition coefficient (Wildman–Crippen LogP) is 1.12. The molecule has 19 heavy (non-hydrogen) atoms. The van der Waals surface area contributed by atoms with Gasteiger partial charge in [0.2, 0.25) is 0 Å². The molecule has 2 heterocycles. The van der Waals surface area contributed by atoms with Crippen LogP contribution in [0.1, 0.15) is 41.5 Å². The quantitative estimate of drug-likeness (QED) is 0.767. The first kappa shape index (κ1) is 13.0. The number of nitrogens with zero attached hydrogens (tertiary/aromatic N) is 2. The molecule has 1 N–H and O–H groups in total. The molecule has 0 spiro atoms. The number of ether oxygens (including phenoxy) is 1. The van der Waals surface area contributed by atoms with E-state index in [-0.39, 0.29) is 11.1 Å². The highest BCUT2D eigenvalue weighted by atomic mass is 16.6. The zero-order valence-electron chi connectivity index (χ0n) is 10.8. The van der Waals surface area contributed by atoms with Gasteiger partial charge in [0.25, 0.3) is 11.8 Å². The van der Waals surface area contributed by atoms with Crippen LogP contribution >= 0.6 is 0 Å². The number of amides is 3. The highest BCUT2D eigenvalue weighted by Crippen LogP contribution is 2.20. The van der Waals surface area contributed by atoms with Crippen molar-refractivity contribution in [3.05, 3.63) is 29.6 Å². The van der Waals surface area contributed by atoms with Crippen LogP contribution in [0.3, 0.4) is 0 Å². The number of nitrogens with one attached hydrogen (secondary N) is 1. The molecule has 0 bridgehead atoms. The summed E-state index contributed by atoms with van der Waals surface area (Å²) in [6.45, 7) is 5.04. The van der Waals surface area contributed by atoms with Gasteiger partial charge in [-0.05, 0) is 26.8 Å². The normalized spacial score (nSPS) is 14.4. The Morgan fingerprint density at radius 1 is 1.26 bits per heavy atom. The standard InChI is InChI=1S/C12H13N3O4/c1-12(2,3)19-11(18)14-15-9(16)7-4-5-13-6-8(7)10(15)17/h4-6H,1-3H3,(H,14,18). The van der Waals surface area contributed by atoms with E-state index in [1.165, 1.54) is 18.5 Å². The molecule has 0 atom stereocenters. The summed E-state index contributed by atoms with van der Waals surface area (Å²) in [6.07, 6.45) is 1.82. The number of pyridine rings is 1. The Bertz CT molecular complexity index is 527. The van der Waals surface area contributed by atoms with Gasteiger partial charge in [-0.15, -0.1) is 0 Å². The van der Waals surface area contributed by atoms with Crippen molar-refractivity contribution in [2.24, 2.45) is 0 Å². The molecule has 0 aliphatic carbocycles. The molecule has 0 radical (unpaired) electrons. The molecule has 0 unspecified atom stereocenters. The number of fused-ring (bicyclic) bond motifs is 1. The summed E-state index contributed by atoms with van der Waals surface area (Å²) >= 11 is 0. The lowest BCUT2D eigenvalue weighted by atomic mass is 10.2. The zero-order chi connectivity index (χ0) is 14.2. The second-order valence-corrected chi connectivity index (χ2v) is 4.98. The van der Waals surface area contributed by atoms with Crippen LogP contribution in [-0.2, 0) is 4.74 Å². The van der Waals surface area contributed by atoms with Gasteiger partial charge in [-0.25, -0.2) is 10.2 Å². The third-order valence-electron chi connectivity index (χ3n) is 2.29. The molecular weight excluding hydrogens is 250 g/mol. The first-order valence-electron chi connectivity index (χ1n) is 5.62. The number of carbonyl (C=O) groups is 3. The Morgan fingerprint density at radius 2 is 1.89 bits per heavy atom. The molecule has 1 aromatic rings. The highest BCUT2D eigenvalue weighted by molar-refractivity contribution is 6.21. The van der Waals surface area contributed by atoms with Crippen molar-refractivity contribution < 1.29 is 19.1 Å². The second kappa shape index (κ2) is 4.34. The minimum Gasteiger partial charge on any atom is -0.443 e. The van der Waals surface area contributed by atoms with E-state index in [1.54, 1.807) is 20.8 Å². The van der Waals surface area contributed by atoms with Gasteiger partial charge in [0.1, 0.15) is 5.60 Å². The maximum Gasteiger partial charge on any atom is 0.427 e. The van der Waals surface area contributed by atoms with Crippen LogP contribution in [0.2, 0.25) is 0 Å². The minimum absolute atomic E-state index is 0.156. The number of hydrazine groups is 1. The molecule has 0 saturated heterocycles. The van der Waals surface area contributed by atoms with E-state index in [0.29, 0.717) is 5.01 Å². The van der Waals surface area contributed by atoms with Crippen LogP contribution < -0.4 is 5.43 Å². The summed E-state index contributed by atoms with van der Waals surface area (Å²) < 4.78 is 4.98. The monoisotopic (exact) mass is 263 g/mol. The summed E-state index contributed by atoms with van der Waals surface area (Å²) in [5.74, 6) is -1.23. The van der Waals surface area contributed by atoms with Gasteiger partial charge in [-0.1, -0.05) is 0 Å². The Labute approximate surface area is 109 Å². The summed E-state index contributed by atoms with van der Waals surface area (Å²) in [5.41, 5.74) is 1.77. The fraction of sp³-hybridized carbons (Fsp3) is 0.333. The van der Waals surface area contributed by atoms with Gasteiger partial charge in [0.05, 0.1) is 11.1 Å². The van der Waals surface area contributed by atoms with Gasteiger partial charge in [0, 0.05) is 12.4 Å². The molecule has 0 aromatic carbocycles. The third-order valence-corrected chi connectivity index (χ3v) is 2.29. The molecule has 2 rings (SSSR count). The van der Waals surface area contributed by atoms with Crippen LogP contribution in [0, 0.1) is 0 Å². The SMILES string of the molecule is CC(C)(C)OC(=O)NN1C(=O)c2ccncc2C1=O. The number of carbonyl (C=O) groups excluding carboxylic acids is 3.